The van der Waals surface area contributed by atoms with Crippen LogP contribution >= 0.6 is 11.8 Å². The maximum Gasteiger partial charge on any atom is 0.234 e. The number of ether oxygens (including phenoxy) is 1. The highest BCUT2D eigenvalue weighted by Crippen LogP contribution is 2.24. The molecule has 2 aromatic rings. The van der Waals surface area contributed by atoms with Gasteiger partial charge in [0.25, 0.3) is 0 Å². The third-order valence-electron chi connectivity index (χ3n) is 2.76. The minimum absolute atomic E-state index is 0.111. The predicted molar refractivity (Wildman–Crippen MR) is 88.5 cm³/mol. The topological polar surface area (TPSA) is 64.1 Å². The Morgan fingerprint density at radius 2 is 1.91 bits per heavy atom. The molecule has 0 spiro atoms. The number of hydrogen-bond donors (Lipinski definition) is 1. The van der Waals surface area contributed by atoms with Gasteiger partial charge in [-0.15, -0.1) is 0 Å². The van der Waals surface area contributed by atoms with Crippen molar-refractivity contribution in [3.05, 3.63) is 41.7 Å². The first-order valence-electron chi connectivity index (χ1n) is 7.05. The largest absolute Gasteiger partial charge is 0.492 e. The van der Waals surface area contributed by atoms with Gasteiger partial charge >= 0.3 is 0 Å². The number of aryl methyl sites for hydroxylation is 2. The molecule has 5 nitrogen and oxygen atoms in total. The van der Waals surface area contributed by atoms with Crippen LogP contribution in [0.5, 0.6) is 5.75 Å². The van der Waals surface area contributed by atoms with Gasteiger partial charge in [0.2, 0.25) is 5.91 Å². The van der Waals surface area contributed by atoms with Crippen molar-refractivity contribution in [1.29, 1.82) is 0 Å². The fraction of sp³-hybridized carbons (Fsp3) is 0.312. The summed E-state index contributed by atoms with van der Waals surface area (Å²) in [4.78, 5) is 20.7. The number of anilines is 1. The Labute approximate surface area is 134 Å². The SMILES string of the molecule is CCOc1ccccc1NC(=O)CSc1nc(C)cc(C)n1. The van der Waals surface area contributed by atoms with E-state index >= 15 is 0 Å². The first-order chi connectivity index (χ1) is 10.6. The fourth-order valence-corrected chi connectivity index (χ4v) is 2.68. The molecule has 0 saturated carbocycles. The quantitative estimate of drug-likeness (QED) is 0.654. The van der Waals surface area contributed by atoms with Crippen LogP contribution in [-0.4, -0.2) is 28.2 Å². The van der Waals surface area contributed by atoms with Gasteiger partial charge in [0.05, 0.1) is 18.0 Å². The summed E-state index contributed by atoms with van der Waals surface area (Å²) >= 11 is 1.32. The number of carbonyl (C=O) groups excluding carboxylic acids is 1. The van der Waals surface area contributed by atoms with Crippen LogP contribution in [0, 0.1) is 13.8 Å². The lowest BCUT2D eigenvalue weighted by Gasteiger charge is -2.11. The number of amides is 1. The van der Waals surface area contributed by atoms with Gasteiger partial charge in [-0.1, -0.05) is 23.9 Å². The molecule has 0 fully saturated rings. The lowest BCUT2D eigenvalue weighted by atomic mass is 10.3. The highest BCUT2D eigenvalue weighted by molar-refractivity contribution is 7.99. The van der Waals surface area contributed by atoms with E-state index in [1.54, 1.807) is 0 Å². The average Bonchev–Trinajstić information content (AvgIpc) is 2.46. The van der Waals surface area contributed by atoms with Crippen molar-refractivity contribution in [2.75, 3.05) is 17.7 Å². The maximum atomic E-state index is 12.1. The summed E-state index contributed by atoms with van der Waals surface area (Å²) in [5.74, 6) is 0.814. The molecule has 6 heteroatoms. The van der Waals surface area contributed by atoms with Gasteiger partial charge in [0.1, 0.15) is 5.75 Å². The summed E-state index contributed by atoms with van der Waals surface area (Å²) in [6, 6.07) is 9.29. The number of rotatable bonds is 6. The van der Waals surface area contributed by atoms with Crippen LogP contribution in [0.15, 0.2) is 35.5 Å². The van der Waals surface area contributed by atoms with E-state index in [2.05, 4.69) is 15.3 Å². The molecule has 1 aromatic carbocycles. The zero-order valence-electron chi connectivity index (χ0n) is 12.9. The Morgan fingerprint density at radius 3 is 2.59 bits per heavy atom. The van der Waals surface area contributed by atoms with Crippen LogP contribution in [0.25, 0.3) is 0 Å². The van der Waals surface area contributed by atoms with Crippen molar-refractivity contribution in [3.8, 4) is 5.75 Å². The molecule has 1 amide bonds. The van der Waals surface area contributed by atoms with Gasteiger partial charge in [-0.3, -0.25) is 4.79 Å². The number of nitrogens with zero attached hydrogens (tertiary/aromatic N) is 2. The van der Waals surface area contributed by atoms with E-state index in [4.69, 9.17) is 4.74 Å². The molecular weight excluding hydrogens is 298 g/mol. The van der Waals surface area contributed by atoms with Crippen LogP contribution in [0.2, 0.25) is 0 Å². The smallest absolute Gasteiger partial charge is 0.234 e. The van der Waals surface area contributed by atoms with Gasteiger partial charge in [-0.25, -0.2) is 9.97 Å². The number of benzene rings is 1. The molecule has 1 N–H and O–H groups in total. The van der Waals surface area contributed by atoms with Gasteiger partial charge in [-0.05, 0) is 39.0 Å². The zero-order chi connectivity index (χ0) is 15.9. The summed E-state index contributed by atoms with van der Waals surface area (Å²) in [6.07, 6.45) is 0. The van der Waals surface area contributed by atoms with Crippen molar-refractivity contribution in [3.63, 3.8) is 0 Å². The lowest BCUT2D eigenvalue weighted by Crippen LogP contribution is -2.15. The summed E-state index contributed by atoms with van der Waals surface area (Å²) in [7, 11) is 0. The van der Waals surface area contributed by atoms with Crippen molar-refractivity contribution in [1.82, 2.24) is 9.97 Å². The third-order valence-corrected chi connectivity index (χ3v) is 3.60. The minimum atomic E-state index is -0.111. The molecule has 0 aliphatic carbocycles. The number of thioether (sulfide) groups is 1. The summed E-state index contributed by atoms with van der Waals surface area (Å²) in [5.41, 5.74) is 2.48. The van der Waals surface area contributed by atoms with Gasteiger partial charge in [-0.2, -0.15) is 0 Å². The van der Waals surface area contributed by atoms with E-state index in [-0.39, 0.29) is 11.7 Å². The second kappa shape index (κ2) is 7.79. The zero-order valence-corrected chi connectivity index (χ0v) is 13.7. The Bertz CT molecular complexity index is 641. The first-order valence-corrected chi connectivity index (χ1v) is 8.04. The molecule has 22 heavy (non-hydrogen) atoms. The highest BCUT2D eigenvalue weighted by Gasteiger charge is 2.09. The Kier molecular flexibility index (Phi) is 5.77. The molecule has 1 heterocycles. The molecule has 0 saturated heterocycles. The minimum Gasteiger partial charge on any atom is -0.492 e. The van der Waals surface area contributed by atoms with Crippen LogP contribution < -0.4 is 10.1 Å². The molecule has 0 aliphatic rings. The summed E-state index contributed by atoms with van der Waals surface area (Å²) in [5, 5.41) is 3.47. The Hall–Kier alpha value is -2.08. The second-order valence-corrected chi connectivity index (χ2v) is 5.64. The van der Waals surface area contributed by atoms with Crippen molar-refractivity contribution < 1.29 is 9.53 Å². The van der Waals surface area contributed by atoms with Gasteiger partial charge < -0.3 is 10.1 Å². The number of nitrogens with one attached hydrogen (secondary N) is 1. The van der Waals surface area contributed by atoms with Crippen molar-refractivity contribution >= 4 is 23.4 Å². The number of para-hydroxylation sites is 2. The maximum absolute atomic E-state index is 12.1. The van der Waals surface area contributed by atoms with Crippen molar-refractivity contribution in [2.45, 2.75) is 25.9 Å². The number of aromatic nitrogens is 2. The second-order valence-electron chi connectivity index (χ2n) is 4.70. The van der Waals surface area contributed by atoms with E-state index in [1.807, 2.05) is 51.1 Å². The highest BCUT2D eigenvalue weighted by atomic mass is 32.2. The average molecular weight is 317 g/mol. The molecule has 116 valence electrons. The summed E-state index contributed by atoms with van der Waals surface area (Å²) in [6.45, 7) is 6.29. The van der Waals surface area contributed by atoms with E-state index in [0.717, 1.165) is 11.4 Å². The van der Waals surface area contributed by atoms with E-state index < -0.39 is 0 Å². The van der Waals surface area contributed by atoms with Crippen LogP contribution in [0.1, 0.15) is 18.3 Å². The third kappa shape index (κ3) is 4.73. The van der Waals surface area contributed by atoms with E-state index in [9.17, 15) is 4.79 Å². The standard InChI is InChI=1S/C16H19N3O2S/c1-4-21-14-8-6-5-7-13(14)19-15(20)10-22-16-17-11(2)9-12(3)18-16/h5-9H,4,10H2,1-3H3,(H,19,20). The van der Waals surface area contributed by atoms with E-state index in [1.165, 1.54) is 11.8 Å². The number of carbonyl (C=O) groups is 1. The molecule has 0 atom stereocenters. The van der Waals surface area contributed by atoms with Crippen LogP contribution in [0.3, 0.4) is 0 Å². The first kappa shape index (κ1) is 16.3. The van der Waals surface area contributed by atoms with Crippen molar-refractivity contribution in [2.24, 2.45) is 0 Å². The monoisotopic (exact) mass is 317 g/mol. The van der Waals surface area contributed by atoms with Gasteiger partial charge in [0, 0.05) is 11.4 Å². The van der Waals surface area contributed by atoms with Crippen LogP contribution in [-0.2, 0) is 4.79 Å². The lowest BCUT2D eigenvalue weighted by molar-refractivity contribution is -0.113. The predicted octanol–water partition coefficient (Wildman–Crippen LogP) is 3.22. The molecule has 2 rings (SSSR count). The molecule has 0 unspecified atom stereocenters. The van der Waals surface area contributed by atoms with Gasteiger partial charge in [0.15, 0.2) is 5.16 Å². The Balaban J connectivity index is 1.96. The summed E-state index contributed by atoms with van der Waals surface area (Å²) < 4.78 is 5.49. The van der Waals surface area contributed by atoms with E-state index in [0.29, 0.717) is 23.2 Å². The molecule has 0 bridgehead atoms. The molecule has 1 aromatic heterocycles. The molecule has 0 radical (unpaired) electrons. The molecule has 0 aliphatic heterocycles. The number of hydrogen-bond acceptors (Lipinski definition) is 5. The molecular formula is C16H19N3O2S. The fourth-order valence-electron chi connectivity index (χ4n) is 1.93. The Morgan fingerprint density at radius 1 is 1.23 bits per heavy atom. The normalized spacial score (nSPS) is 10.3. The van der Waals surface area contributed by atoms with Crippen LogP contribution in [0.4, 0.5) is 5.69 Å².